The Bertz CT molecular complexity index is 3350. The fraction of sp³-hybridized carbons (Fsp3) is 0.718. The Balaban J connectivity index is 0.000000129. The molecular weight excluding hydrogens is 1200 g/mol. The van der Waals surface area contributed by atoms with Crippen molar-refractivity contribution in [1.29, 1.82) is 0 Å². The highest BCUT2D eigenvalue weighted by molar-refractivity contribution is 7.88. The monoisotopic (exact) mass is 1320 g/mol. The topological polar surface area (TPSA) is 90.6 Å². The van der Waals surface area contributed by atoms with Crippen LogP contribution in [0.2, 0.25) is 0 Å². The van der Waals surface area contributed by atoms with Crippen LogP contribution in [0.4, 0.5) is 30.2 Å². The number of hydrogen-bond acceptors (Lipinski definition) is 6. The first-order chi connectivity index (χ1) is 44.8. The van der Waals surface area contributed by atoms with E-state index in [1.165, 1.54) is 162 Å². The zero-order valence-electron chi connectivity index (χ0n) is 60.2. The lowest BCUT2D eigenvalue weighted by atomic mass is 9.70. The molecule has 95 heavy (non-hydrogen) atoms. The van der Waals surface area contributed by atoms with E-state index >= 15 is 0 Å². The normalized spacial score (nSPS) is 36.1. The standard InChI is InChI=1S/C40H55N.C27H33F3O3S.C14H23N.C4H8O/c1-39(2,3)27-20-28(40(4,5)6)22-30(21-27)41-29-14-23(35-16-25-18-37(35)33-11-7-9-31(25)33)13-24(15-29)36-17-26-19-38(36)34-12-8-10-32(26)34;28-27(29,30)34(31,32)33-18-8-14(23-10-16-12-25(23)21-5-1-3-19(16)21)7-15(9-18)24-11-17-13-26(24)22-6-2-4-20(17)22;1-13(2,3)10-7-11(14(4,5)6)9-12(15)8-10;1-2-4-5-3-1/h13-15,20-22,25-26,31-38,41H,7-12,16-19H2,1-6H3;7-9,16-17,19-26H,1-6,10-13H2;7-9H,15H2,1-6H3;1-4H2. The summed E-state index contributed by atoms with van der Waals surface area (Å²) in [5, 5.41) is 4.04. The third-order valence-corrected chi connectivity index (χ3v) is 29.3. The summed E-state index contributed by atoms with van der Waals surface area (Å²) in [5.41, 5.74) is 15.5. The summed E-state index contributed by atoms with van der Waals surface area (Å²) in [6.45, 7) is 29.4. The first-order valence-corrected chi connectivity index (χ1v) is 40.0. The second-order valence-electron chi connectivity index (χ2n) is 37.8. The van der Waals surface area contributed by atoms with Crippen molar-refractivity contribution in [2.75, 3.05) is 24.3 Å². The molecule has 10 heteroatoms. The smallest absolute Gasteiger partial charge is 0.399 e. The average Bonchev–Trinajstić information content (AvgIpc) is 1.60. The highest BCUT2D eigenvalue weighted by Crippen LogP contribution is 2.68. The predicted molar refractivity (Wildman–Crippen MR) is 383 cm³/mol. The Kier molecular flexibility index (Phi) is 18.3. The van der Waals surface area contributed by atoms with Crippen molar-refractivity contribution in [1.82, 2.24) is 0 Å². The number of nitrogen functional groups attached to an aromatic ring is 1. The summed E-state index contributed by atoms with van der Waals surface area (Å²) in [6.07, 6.45) is 30.0. The summed E-state index contributed by atoms with van der Waals surface area (Å²) < 4.78 is 72.9. The van der Waals surface area contributed by atoms with Gasteiger partial charge in [-0.25, -0.2) is 0 Å². The average molecular weight is 1320 g/mol. The summed E-state index contributed by atoms with van der Waals surface area (Å²) in [5.74, 6) is 15.9. The van der Waals surface area contributed by atoms with Crippen LogP contribution in [0.15, 0.2) is 72.8 Å². The van der Waals surface area contributed by atoms with E-state index in [1.54, 1.807) is 23.3 Å². The first kappa shape index (κ1) is 68.1. The summed E-state index contributed by atoms with van der Waals surface area (Å²) in [7, 11) is -5.68. The quantitative estimate of drug-likeness (QED) is 0.104. The van der Waals surface area contributed by atoms with E-state index in [0.29, 0.717) is 23.7 Å². The fourth-order valence-corrected chi connectivity index (χ4v) is 24.5. The molecule has 1 saturated heterocycles. The number of fused-ring (bicyclic) bond motifs is 20. The molecule has 4 aromatic rings. The van der Waals surface area contributed by atoms with Gasteiger partial charge in [0.2, 0.25) is 0 Å². The van der Waals surface area contributed by atoms with E-state index in [1.807, 2.05) is 0 Å². The van der Waals surface area contributed by atoms with Crippen LogP contribution < -0.4 is 15.2 Å². The van der Waals surface area contributed by atoms with Crippen LogP contribution in [0.25, 0.3) is 0 Å². The second-order valence-corrected chi connectivity index (χ2v) is 39.4. The van der Waals surface area contributed by atoms with Crippen molar-refractivity contribution in [2.45, 2.75) is 275 Å². The van der Waals surface area contributed by atoms with Gasteiger partial charge in [-0.3, -0.25) is 0 Å². The molecule has 13 fully saturated rings. The summed E-state index contributed by atoms with van der Waals surface area (Å²) in [6, 6.07) is 27.2. The minimum absolute atomic E-state index is 0.131. The van der Waals surface area contributed by atoms with E-state index in [4.69, 9.17) is 14.7 Å². The lowest BCUT2D eigenvalue weighted by molar-refractivity contribution is -0.0500. The van der Waals surface area contributed by atoms with Crippen LogP contribution >= 0.6 is 0 Å². The van der Waals surface area contributed by atoms with Gasteiger partial charge in [0.15, 0.2) is 0 Å². The predicted octanol–water partition coefficient (Wildman–Crippen LogP) is 22.8. The molecule has 20 unspecified atom stereocenters. The molecule has 12 aliphatic carbocycles. The SMILES string of the molecule is C1CCOC1.CC(C)(C)c1cc(N)cc(C(C)(C)C)c1.CC(C)(C)c1cc(Nc2cc(C3CC4CC3C3CCCC43)cc(C3CC4CC3C3CCCC43)c2)cc(C(C)(C)C)c1.O=S(=O)(Oc1cc(C2CC3CC2C2CCCC32)cc(C2CC3CC2C2CCCC32)c1)C(F)(F)F. The Hall–Kier alpha value is -4.02. The van der Waals surface area contributed by atoms with Crippen LogP contribution in [0, 0.1) is 94.7 Å². The molecule has 0 aromatic heterocycles. The highest BCUT2D eigenvalue weighted by Gasteiger charge is 2.59. The van der Waals surface area contributed by atoms with Crippen LogP contribution in [-0.2, 0) is 36.5 Å². The van der Waals surface area contributed by atoms with Crippen LogP contribution in [-0.4, -0.2) is 27.1 Å². The zero-order valence-corrected chi connectivity index (χ0v) is 61.0. The Morgan fingerprint density at radius 2 is 0.674 bits per heavy atom. The van der Waals surface area contributed by atoms with Crippen molar-refractivity contribution in [3.8, 4) is 5.75 Å². The maximum Gasteiger partial charge on any atom is 0.534 e. The molecule has 0 radical (unpaired) electrons. The summed E-state index contributed by atoms with van der Waals surface area (Å²) in [4.78, 5) is 0. The number of nitrogens with one attached hydrogen (secondary N) is 1. The number of halogens is 3. The molecule has 20 atom stereocenters. The lowest BCUT2D eigenvalue weighted by Gasteiger charge is -2.34. The van der Waals surface area contributed by atoms with Gasteiger partial charge >= 0.3 is 15.6 Å². The van der Waals surface area contributed by atoms with Crippen molar-refractivity contribution in [3.63, 3.8) is 0 Å². The minimum Gasteiger partial charge on any atom is -0.399 e. The summed E-state index contributed by atoms with van der Waals surface area (Å²) >= 11 is 0. The fourth-order valence-electron chi connectivity index (χ4n) is 24.0. The molecule has 0 spiro atoms. The molecule has 17 rings (SSSR count). The molecule has 13 aliphatic rings. The highest BCUT2D eigenvalue weighted by atomic mass is 32.2. The largest absolute Gasteiger partial charge is 0.534 e. The van der Waals surface area contributed by atoms with E-state index in [0.717, 1.165) is 138 Å². The van der Waals surface area contributed by atoms with E-state index in [-0.39, 0.29) is 27.4 Å². The Morgan fingerprint density at radius 1 is 0.379 bits per heavy atom. The van der Waals surface area contributed by atoms with Crippen molar-refractivity contribution < 1.29 is 30.5 Å². The maximum atomic E-state index is 13.1. The number of hydrogen-bond donors (Lipinski definition) is 2. The third-order valence-electron chi connectivity index (χ3n) is 28.3. The number of alkyl halides is 3. The van der Waals surface area contributed by atoms with Gasteiger partial charge in [-0.1, -0.05) is 133 Å². The number of rotatable bonds is 8. The molecule has 8 bridgehead atoms. The first-order valence-electron chi connectivity index (χ1n) is 38.6. The Labute approximate surface area is 571 Å². The van der Waals surface area contributed by atoms with Crippen molar-refractivity contribution >= 4 is 27.2 Å². The van der Waals surface area contributed by atoms with Gasteiger partial charge in [0.05, 0.1) is 0 Å². The molecule has 1 aliphatic heterocycles. The number of anilines is 3. The Morgan fingerprint density at radius 3 is 0.968 bits per heavy atom. The second kappa shape index (κ2) is 25.6. The van der Waals surface area contributed by atoms with Crippen molar-refractivity contribution in [3.05, 3.63) is 117 Å². The number of ether oxygens (including phenoxy) is 1. The van der Waals surface area contributed by atoms with Crippen molar-refractivity contribution in [2.24, 2.45) is 94.7 Å². The van der Waals surface area contributed by atoms with E-state index in [2.05, 4.69) is 149 Å². The maximum absolute atomic E-state index is 13.1. The molecule has 12 saturated carbocycles. The lowest BCUT2D eigenvalue weighted by Crippen LogP contribution is -2.28. The number of benzene rings is 4. The number of nitrogens with two attached hydrogens (primary N) is 1. The minimum atomic E-state index is -5.68. The molecule has 520 valence electrons. The van der Waals surface area contributed by atoms with Crippen LogP contribution in [0.1, 0.15) is 293 Å². The molecule has 3 N–H and O–H groups in total. The van der Waals surface area contributed by atoms with Gasteiger partial charge in [0.25, 0.3) is 0 Å². The van der Waals surface area contributed by atoms with Gasteiger partial charge in [0.1, 0.15) is 5.75 Å². The zero-order chi connectivity index (χ0) is 67.1. The molecule has 4 aromatic carbocycles. The van der Waals surface area contributed by atoms with E-state index in [9.17, 15) is 21.6 Å². The molecule has 0 amide bonds. The molecule has 6 nitrogen and oxygen atoms in total. The van der Waals surface area contributed by atoms with Gasteiger partial charge < -0.3 is 20.0 Å². The molecular formula is C85H119F3N2O4S. The van der Waals surface area contributed by atoms with Crippen LogP contribution in [0.5, 0.6) is 5.75 Å². The molecule has 1 heterocycles. The van der Waals surface area contributed by atoms with Gasteiger partial charge in [-0.15, -0.1) is 0 Å². The third kappa shape index (κ3) is 13.5. The van der Waals surface area contributed by atoms with Gasteiger partial charge in [-0.2, -0.15) is 21.6 Å². The van der Waals surface area contributed by atoms with E-state index < -0.39 is 15.6 Å². The van der Waals surface area contributed by atoms with Crippen LogP contribution in [0.3, 0.4) is 0 Å². The van der Waals surface area contributed by atoms with Gasteiger partial charge in [0, 0.05) is 30.3 Å². The van der Waals surface area contributed by atoms with Gasteiger partial charge in [-0.05, 0) is 349 Å².